The van der Waals surface area contributed by atoms with E-state index in [0.717, 1.165) is 13.1 Å². The van der Waals surface area contributed by atoms with Crippen molar-refractivity contribution >= 4 is 5.91 Å². The molecule has 0 saturated carbocycles. The number of piperazine rings is 1. The van der Waals surface area contributed by atoms with Crippen LogP contribution in [0.2, 0.25) is 0 Å². The Labute approximate surface area is 129 Å². The Balaban J connectivity index is 1.81. The summed E-state index contributed by atoms with van der Waals surface area (Å²) < 4.78 is 5.72. The van der Waals surface area contributed by atoms with Gasteiger partial charge < -0.3 is 20.1 Å². The van der Waals surface area contributed by atoms with Gasteiger partial charge in [0.2, 0.25) is 0 Å². The number of benzene rings is 2. The number of hydrogen-bond donors (Lipinski definition) is 2. The SMILES string of the molecule is O=C(c1cc(Oc2ccccc2)ccc1O)N1CCNCC1. The Morgan fingerprint density at radius 1 is 1.05 bits per heavy atom. The van der Waals surface area contributed by atoms with Gasteiger partial charge in [-0.2, -0.15) is 0 Å². The molecule has 1 amide bonds. The van der Waals surface area contributed by atoms with Crippen molar-refractivity contribution in [3.8, 4) is 17.2 Å². The molecular formula is C17H18N2O3. The standard InChI is InChI=1S/C17H18N2O3/c20-16-7-6-14(22-13-4-2-1-3-5-13)12-15(16)17(21)19-10-8-18-9-11-19/h1-7,12,18,20H,8-11H2. The summed E-state index contributed by atoms with van der Waals surface area (Å²) in [5.41, 5.74) is 0.273. The van der Waals surface area contributed by atoms with Crippen molar-refractivity contribution in [1.29, 1.82) is 0 Å². The molecule has 1 aliphatic heterocycles. The van der Waals surface area contributed by atoms with E-state index in [2.05, 4.69) is 5.32 Å². The molecule has 0 aliphatic carbocycles. The molecule has 1 saturated heterocycles. The van der Waals surface area contributed by atoms with Crippen LogP contribution in [0.5, 0.6) is 17.2 Å². The van der Waals surface area contributed by atoms with Gasteiger partial charge in [-0.1, -0.05) is 18.2 Å². The molecule has 5 heteroatoms. The van der Waals surface area contributed by atoms with Crippen LogP contribution in [0.15, 0.2) is 48.5 Å². The van der Waals surface area contributed by atoms with Crippen molar-refractivity contribution in [2.45, 2.75) is 0 Å². The molecule has 3 rings (SSSR count). The summed E-state index contributed by atoms with van der Waals surface area (Å²) in [5, 5.41) is 13.2. The highest BCUT2D eigenvalue weighted by molar-refractivity contribution is 5.97. The molecule has 1 aliphatic rings. The van der Waals surface area contributed by atoms with E-state index >= 15 is 0 Å². The van der Waals surface area contributed by atoms with E-state index in [1.165, 1.54) is 6.07 Å². The normalized spacial score (nSPS) is 14.6. The highest BCUT2D eigenvalue weighted by atomic mass is 16.5. The maximum atomic E-state index is 12.5. The van der Waals surface area contributed by atoms with Gasteiger partial charge in [0.05, 0.1) is 5.56 Å². The van der Waals surface area contributed by atoms with Crippen molar-refractivity contribution in [3.05, 3.63) is 54.1 Å². The van der Waals surface area contributed by atoms with Gasteiger partial charge in [-0.05, 0) is 30.3 Å². The Morgan fingerprint density at radius 3 is 2.50 bits per heavy atom. The van der Waals surface area contributed by atoms with Crippen molar-refractivity contribution in [2.75, 3.05) is 26.2 Å². The number of phenolic OH excluding ortho intramolecular Hbond substituents is 1. The molecule has 0 atom stereocenters. The Kier molecular flexibility index (Phi) is 4.25. The van der Waals surface area contributed by atoms with E-state index in [1.54, 1.807) is 17.0 Å². The zero-order valence-electron chi connectivity index (χ0n) is 12.2. The van der Waals surface area contributed by atoms with Crippen LogP contribution in [-0.4, -0.2) is 42.1 Å². The molecule has 0 bridgehead atoms. The monoisotopic (exact) mass is 298 g/mol. The largest absolute Gasteiger partial charge is 0.507 e. The minimum Gasteiger partial charge on any atom is -0.507 e. The summed E-state index contributed by atoms with van der Waals surface area (Å²) in [6, 6.07) is 14.1. The van der Waals surface area contributed by atoms with Gasteiger partial charge in [0, 0.05) is 26.2 Å². The highest BCUT2D eigenvalue weighted by Crippen LogP contribution is 2.28. The molecule has 2 N–H and O–H groups in total. The second kappa shape index (κ2) is 6.49. The summed E-state index contributed by atoms with van der Waals surface area (Å²) in [5.74, 6) is 1.03. The number of rotatable bonds is 3. The topological polar surface area (TPSA) is 61.8 Å². The first-order valence-electron chi connectivity index (χ1n) is 7.30. The fourth-order valence-electron chi connectivity index (χ4n) is 2.41. The molecule has 0 radical (unpaired) electrons. The second-order valence-corrected chi connectivity index (χ2v) is 5.14. The lowest BCUT2D eigenvalue weighted by molar-refractivity contribution is 0.0732. The van der Waals surface area contributed by atoms with Crippen molar-refractivity contribution in [1.82, 2.24) is 10.2 Å². The van der Waals surface area contributed by atoms with Gasteiger partial charge in [-0.3, -0.25) is 4.79 Å². The minimum atomic E-state index is -0.169. The van der Waals surface area contributed by atoms with E-state index in [9.17, 15) is 9.90 Å². The molecule has 114 valence electrons. The smallest absolute Gasteiger partial charge is 0.257 e. The number of hydrogen-bond acceptors (Lipinski definition) is 4. The molecule has 0 spiro atoms. The van der Waals surface area contributed by atoms with Gasteiger partial charge in [0.15, 0.2) is 0 Å². The van der Waals surface area contributed by atoms with Gasteiger partial charge in [0.1, 0.15) is 17.2 Å². The first kappa shape index (κ1) is 14.4. The average Bonchev–Trinajstić information content (AvgIpc) is 2.58. The molecule has 2 aromatic carbocycles. The van der Waals surface area contributed by atoms with Gasteiger partial charge in [0.25, 0.3) is 5.91 Å². The maximum absolute atomic E-state index is 12.5. The first-order chi connectivity index (χ1) is 10.7. The lowest BCUT2D eigenvalue weighted by atomic mass is 10.1. The lowest BCUT2D eigenvalue weighted by Gasteiger charge is -2.27. The van der Waals surface area contributed by atoms with E-state index in [1.807, 2.05) is 30.3 Å². The Morgan fingerprint density at radius 2 is 1.77 bits per heavy atom. The predicted octanol–water partition coefficient (Wildman–Crippen LogP) is 2.23. The summed E-state index contributed by atoms with van der Waals surface area (Å²) in [4.78, 5) is 14.2. The van der Waals surface area contributed by atoms with Crippen LogP contribution >= 0.6 is 0 Å². The number of para-hydroxylation sites is 1. The highest BCUT2D eigenvalue weighted by Gasteiger charge is 2.21. The number of amides is 1. The Hall–Kier alpha value is -2.53. The van der Waals surface area contributed by atoms with Crippen LogP contribution in [0, 0.1) is 0 Å². The third-order valence-corrected chi connectivity index (χ3v) is 3.58. The fraction of sp³-hybridized carbons (Fsp3) is 0.235. The third-order valence-electron chi connectivity index (χ3n) is 3.58. The number of ether oxygens (including phenoxy) is 1. The van der Waals surface area contributed by atoms with E-state index in [-0.39, 0.29) is 17.2 Å². The fourth-order valence-corrected chi connectivity index (χ4v) is 2.41. The van der Waals surface area contributed by atoms with Crippen LogP contribution in [0.25, 0.3) is 0 Å². The summed E-state index contributed by atoms with van der Waals surface area (Å²) in [6.07, 6.45) is 0. The average molecular weight is 298 g/mol. The summed E-state index contributed by atoms with van der Waals surface area (Å²) in [6.45, 7) is 2.82. The molecule has 0 unspecified atom stereocenters. The predicted molar refractivity (Wildman–Crippen MR) is 83.4 cm³/mol. The van der Waals surface area contributed by atoms with Crippen molar-refractivity contribution in [3.63, 3.8) is 0 Å². The van der Waals surface area contributed by atoms with E-state index in [4.69, 9.17) is 4.74 Å². The van der Waals surface area contributed by atoms with Crippen molar-refractivity contribution < 1.29 is 14.6 Å². The van der Waals surface area contributed by atoms with Crippen LogP contribution < -0.4 is 10.1 Å². The number of carbonyl (C=O) groups is 1. The minimum absolute atomic E-state index is 0.0241. The maximum Gasteiger partial charge on any atom is 0.257 e. The van der Waals surface area contributed by atoms with Gasteiger partial charge in [-0.15, -0.1) is 0 Å². The first-order valence-corrected chi connectivity index (χ1v) is 7.30. The number of nitrogens with zero attached hydrogens (tertiary/aromatic N) is 1. The molecule has 22 heavy (non-hydrogen) atoms. The number of nitrogens with one attached hydrogen (secondary N) is 1. The molecule has 2 aromatic rings. The van der Waals surface area contributed by atoms with E-state index < -0.39 is 0 Å². The van der Waals surface area contributed by atoms with E-state index in [0.29, 0.717) is 24.6 Å². The zero-order valence-corrected chi connectivity index (χ0v) is 12.2. The second-order valence-electron chi connectivity index (χ2n) is 5.14. The molecule has 1 fully saturated rings. The summed E-state index contributed by atoms with van der Waals surface area (Å²) >= 11 is 0. The number of aromatic hydroxyl groups is 1. The number of phenols is 1. The van der Waals surface area contributed by atoms with Crippen LogP contribution in [0.1, 0.15) is 10.4 Å². The molecule has 0 aromatic heterocycles. The van der Waals surface area contributed by atoms with Crippen LogP contribution in [0.3, 0.4) is 0 Å². The van der Waals surface area contributed by atoms with Crippen molar-refractivity contribution in [2.24, 2.45) is 0 Å². The van der Waals surface area contributed by atoms with Gasteiger partial charge >= 0.3 is 0 Å². The quantitative estimate of drug-likeness (QED) is 0.912. The molecule has 1 heterocycles. The molecule has 5 nitrogen and oxygen atoms in total. The zero-order chi connectivity index (χ0) is 15.4. The van der Waals surface area contributed by atoms with Crippen LogP contribution in [-0.2, 0) is 0 Å². The Bertz CT molecular complexity index is 652. The number of carbonyl (C=O) groups excluding carboxylic acids is 1. The summed E-state index contributed by atoms with van der Waals surface area (Å²) in [7, 11) is 0. The van der Waals surface area contributed by atoms with Gasteiger partial charge in [-0.25, -0.2) is 0 Å². The van der Waals surface area contributed by atoms with Crippen LogP contribution in [0.4, 0.5) is 0 Å². The molecular weight excluding hydrogens is 280 g/mol. The lowest BCUT2D eigenvalue weighted by Crippen LogP contribution is -2.46. The third kappa shape index (κ3) is 3.20.